The molecule has 0 bridgehead atoms. The Balaban J connectivity index is 2.16. The molecule has 1 fully saturated rings. The van der Waals surface area contributed by atoms with E-state index in [0.717, 1.165) is 18.9 Å². The first-order chi connectivity index (χ1) is 6.77. The van der Waals surface area contributed by atoms with Gasteiger partial charge in [-0.15, -0.1) is 0 Å². The van der Waals surface area contributed by atoms with Gasteiger partial charge in [-0.05, 0) is 26.0 Å². The van der Waals surface area contributed by atoms with E-state index in [1.54, 1.807) is 0 Å². The van der Waals surface area contributed by atoms with E-state index in [-0.39, 0.29) is 0 Å². The van der Waals surface area contributed by atoms with Crippen LogP contribution < -0.4 is 10.2 Å². The van der Waals surface area contributed by atoms with Crippen LogP contribution in [0.2, 0.25) is 0 Å². The minimum atomic E-state index is 0.529. The van der Waals surface area contributed by atoms with Gasteiger partial charge in [-0.3, -0.25) is 0 Å². The molecule has 0 amide bonds. The molecule has 2 atom stereocenters. The van der Waals surface area contributed by atoms with Crippen LogP contribution in [0.25, 0.3) is 0 Å². The van der Waals surface area contributed by atoms with E-state index in [1.165, 1.54) is 0 Å². The molecule has 0 radical (unpaired) electrons. The molecule has 0 unspecified atom stereocenters. The molecule has 14 heavy (non-hydrogen) atoms. The van der Waals surface area contributed by atoms with Gasteiger partial charge in [-0.2, -0.15) is 0 Å². The first-order valence-corrected chi connectivity index (χ1v) is 5.18. The van der Waals surface area contributed by atoms with Crippen molar-refractivity contribution in [1.82, 2.24) is 10.3 Å². The van der Waals surface area contributed by atoms with Gasteiger partial charge in [0, 0.05) is 31.4 Å². The maximum Gasteiger partial charge on any atom is 0.128 e. The normalized spacial score (nSPS) is 27.7. The summed E-state index contributed by atoms with van der Waals surface area (Å²) in [6.45, 7) is 6.52. The quantitative estimate of drug-likeness (QED) is 0.724. The van der Waals surface area contributed by atoms with Gasteiger partial charge in [0.2, 0.25) is 0 Å². The van der Waals surface area contributed by atoms with Gasteiger partial charge < -0.3 is 10.2 Å². The van der Waals surface area contributed by atoms with Gasteiger partial charge >= 0.3 is 0 Å². The Labute approximate surface area is 85.1 Å². The summed E-state index contributed by atoms with van der Waals surface area (Å²) in [6.07, 6.45) is 1.86. The largest absolute Gasteiger partial charge is 0.351 e. The van der Waals surface area contributed by atoms with E-state index in [4.69, 9.17) is 0 Å². The molecule has 1 aromatic heterocycles. The van der Waals surface area contributed by atoms with E-state index >= 15 is 0 Å². The highest BCUT2D eigenvalue weighted by Crippen LogP contribution is 2.15. The standard InChI is InChI=1S/C11H17N3/c1-9-8-14(10(2)7-13-9)11-5-3-4-6-12-11/h3-6,9-10,13H,7-8H2,1-2H3/t9-,10-/m0/s1. The van der Waals surface area contributed by atoms with Crippen LogP contribution in [0.5, 0.6) is 0 Å². The molecule has 3 nitrogen and oxygen atoms in total. The number of rotatable bonds is 1. The van der Waals surface area contributed by atoms with Crippen LogP contribution in [-0.4, -0.2) is 30.2 Å². The van der Waals surface area contributed by atoms with Gasteiger partial charge in [0.1, 0.15) is 5.82 Å². The third kappa shape index (κ3) is 1.87. The van der Waals surface area contributed by atoms with Gasteiger partial charge in [0.05, 0.1) is 0 Å². The average molecular weight is 191 g/mol. The predicted molar refractivity (Wildman–Crippen MR) is 58.5 cm³/mol. The molecule has 0 aromatic carbocycles. The molecule has 1 aromatic rings. The van der Waals surface area contributed by atoms with E-state index in [2.05, 4.69) is 35.1 Å². The summed E-state index contributed by atoms with van der Waals surface area (Å²) >= 11 is 0. The number of aromatic nitrogens is 1. The third-order valence-electron chi connectivity index (χ3n) is 2.71. The Morgan fingerprint density at radius 1 is 1.43 bits per heavy atom. The third-order valence-corrected chi connectivity index (χ3v) is 2.71. The Morgan fingerprint density at radius 3 is 3.00 bits per heavy atom. The van der Waals surface area contributed by atoms with Crippen LogP contribution in [0.4, 0.5) is 5.82 Å². The fourth-order valence-corrected chi connectivity index (χ4v) is 1.86. The lowest BCUT2D eigenvalue weighted by Crippen LogP contribution is -2.54. The van der Waals surface area contributed by atoms with Crippen molar-refractivity contribution in [1.29, 1.82) is 0 Å². The highest BCUT2D eigenvalue weighted by molar-refractivity contribution is 5.40. The highest BCUT2D eigenvalue weighted by atomic mass is 15.3. The van der Waals surface area contributed by atoms with Crippen molar-refractivity contribution in [3.63, 3.8) is 0 Å². The van der Waals surface area contributed by atoms with Crippen molar-refractivity contribution in [3.05, 3.63) is 24.4 Å². The van der Waals surface area contributed by atoms with Gasteiger partial charge in [-0.1, -0.05) is 6.07 Å². The van der Waals surface area contributed by atoms with E-state index < -0.39 is 0 Å². The zero-order chi connectivity index (χ0) is 9.97. The lowest BCUT2D eigenvalue weighted by molar-refractivity contribution is 0.422. The Bertz CT molecular complexity index is 286. The molecule has 76 valence electrons. The van der Waals surface area contributed by atoms with Crippen LogP contribution in [0.3, 0.4) is 0 Å². The van der Waals surface area contributed by atoms with Crippen molar-refractivity contribution >= 4 is 5.82 Å². The minimum absolute atomic E-state index is 0.529. The number of nitrogens with zero attached hydrogens (tertiary/aromatic N) is 2. The molecular formula is C11H17N3. The fraction of sp³-hybridized carbons (Fsp3) is 0.545. The van der Waals surface area contributed by atoms with Gasteiger partial charge in [-0.25, -0.2) is 4.98 Å². The molecule has 2 rings (SSSR count). The number of anilines is 1. The van der Waals surface area contributed by atoms with Crippen molar-refractivity contribution in [3.8, 4) is 0 Å². The molecule has 1 aliphatic heterocycles. The molecular weight excluding hydrogens is 174 g/mol. The number of piperazine rings is 1. The topological polar surface area (TPSA) is 28.2 Å². The Morgan fingerprint density at radius 2 is 2.29 bits per heavy atom. The second kappa shape index (κ2) is 3.96. The second-order valence-corrected chi connectivity index (χ2v) is 4.00. The molecule has 0 aliphatic carbocycles. The Hall–Kier alpha value is -1.09. The summed E-state index contributed by atoms with van der Waals surface area (Å²) in [7, 11) is 0. The maximum atomic E-state index is 4.39. The second-order valence-electron chi connectivity index (χ2n) is 4.00. The van der Waals surface area contributed by atoms with E-state index in [9.17, 15) is 0 Å². The molecule has 1 saturated heterocycles. The lowest BCUT2D eigenvalue weighted by atomic mass is 10.1. The molecule has 0 spiro atoms. The van der Waals surface area contributed by atoms with Crippen LogP contribution in [-0.2, 0) is 0 Å². The molecule has 3 heteroatoms. The van der Waals surface area contributed by atoms with Crippen LogP contribution >= 0.6 is 0 Å². The average Bonchev–Trinajstić information content (AvgIpc) is 2.23. The predicted octanol–water partition coefficient (Wildman–Crippen LogP) is 1.27. The van der Waals surface area contributed by atoms with Crippen LogP contribution in [0.15, 0.2) is 24.4 Å². The Kier molecular flexibility index (Phi) is 2.68. The SMILES string of the molecule is C[C@H]1CN(c2ccccn2)[C@@H](C)CN1. The first kappa shape index (κ1) is 9.46. The van der Waals surface area contributed by atoms with Gasteiger partial charge in [0.25, 0.3) is 0 Å². The summed E-state index contributed by atoms with van der Waals surface area (Å²) < 4.78 is 0. The highest BCUT2D eigenvalue weighted by Gasteiger charge is 2.22. The van der Waals surface area contributed by atoms with E-state index in [1.807, 2.05) is 18.3 Å². The van der Waals surface area contributed by atoms with Crippen LogP contribution in [0.1, 0.15) is 13.8 Å². The summed E-state index contributed by atoms with van der Waals surface area (Å²) in [5, 5.41) is 3.46. The molecule has 0 saturated carbocycles. The van der Waals surface area contributed by atoms with E-state index in [0.29, 0.717) is 12.1 Å². The molecule has 1 N–H and O–H groups in total. The number of hydrogen-bond acceptors (Lipinski definition) is 3. The number of pyridine rings is 1. The van der Waals surface area contributed by atoms with Crippen molar-refractivity contribution in [2.45, 2.75) is 25.9 Å². The lowest BCUT2D eigenvalue weighted by Gasteiger charge is -2.38. The monoisotopic (exact) mass is 191 g/mol. The van der Waals surface area contributed by atoms with Crippen molar-refractivity contribution in [2.75, 3.05) is 18.0 Å². The summed E-state index contributed by atoms with van der Waals surface area (Å²) in [4.78, 5) is 6.75. The zero-order valence-electron chi connectivity index (χ0n) is 8.77. The van der Waals surface area contributed by atoms with Crippen molar-refractivity contribution < 1.29 is 0 Å². The molecule has 1 aliphatic rings. The van der Waals surface area contributed by atoms with Crippen LogP contribution in [0, 0.1) is 0 Å². The number of nitrogens with one attached hydrogen (secondary N) is 1. The fourth-order valence-electron chi connectivity index (χ4n) is 1.86. The van der Waals surface area contributed by atoms with Crippen molar-refractivity contribution in [2.24, 2.45) is 0 Å². The zero-order valence-corrected chi connectivity index (χ0v) is 8.77. The minimum Gasteiger partial charge on any atom is -0.351 e. The number of hydrogen-bond donors (Lipinski definition) is 1. The molecule has 2 heterocycles. The summed E-state index contributed by atoms with van der Waals surface area (Å²) in [5.41, 5.74) is 0. The van der Waals surface area contributed by atoms with Gasteiger partial charge in [0.15, 0.2) is 0 Å². The maximum absolute atomic E-state index is 4.39. The summed E-state index contributed by atoms with van der Waals surface area (Å²) in [5.74, 6) is 1.09. The first-order valence-electron chi connectivity index (χ1n) is 5.18. The summed E-state index contributed by atoms with van der Waals surface area (Å²) in [6, 6.07) is 7.16. The smallest absolute Gasteiger partial charge is 0.128 e.